The minimum atomic E-state index is -1.58. The van der Waals surface area contributed by atoms with Crippen LogP contribution in [0.5, 0.6) is 0 Å². The van der Waals surface area contributed by atoms with Crippen LogP contribution in [0.3, 0.4) is 0 Å². The molecule has 5 nitrogen and oxygen atoms in total. The average Bonchev–Trinajstić information content (AvgIpc) is 2.60. The number of halogens is 4. The Kier molecular flexibility index (Phi) is 6.34. The van der Waals surface area contributed by atoms with Crippen molar-refractivity contribution in [3.05, 3.63) is 69.8 Å². The predicted octanol–water partition coefficient (Wildman–Crippen LogP) is 5.19. The van der Waals surface area contributed by atoms with Crippen molar-refractivity contribution in [1.82, 2.24) is 0 Å². The SMILES string of the molecule is CC(C)(OC(=O)OC(C)(C)c1cc(F)c(C=O)c(F)c1)c1cc(F)c(C=O)c(F)c1. The molecule has 0 unspecified atom stereocenters. The number of rotatable bonds is 6. The highest BCUT2D eigenvalue weighted by Gasteiger charge is 2.33. The Morgan fingerprint density at radius 1 is 0.700 bits per heavy atom. The molecule has 0 aliphatic heterocycles. The smallest absolute Gasteiger partial charge is 0.423 e. The van der Waals surface area contributed by atoms with Gasteiger partial charge in [0.05, 0.1) is 11.1 Å². The largest absolute Gasteiger partial charge is 0.510 e. The molecule has 0 aromatic heterocycles. The van der Waals surface area contributed by atoms with E-state index in [2.05, 4.69) is 0 Å². The molecule has 0 saturated heterocycles. The van der Waals surface area contributed by atoms with E-state index >= 15 is 0 Å². The lowest BCUT2D eigenvalue weighted by atomic mass is 9.96. The van der Waals surface area contributed by atoms with E-state index in [4.69, 9.17) is 9.47 Å². The highest BCUT2D eigenvalue weighted by molar-refractivity contribution is 5.76. The summed E-state index contributed by atoms with van der Waals surface area (Å²) >= 11 is 0. The van der Waals surface area contributed by atoms with Crippen molar-refractivity contribution in [1.29, 1.82) is 0 Å². The van der Waals surface area contributed by atoms with Gasteiger partial charge in [-0.1, -0.05) is 0 Å². The number of carbonyl (C=O) groups excluding carboxylic acids is 3. The average molecular weight is 426 g/mol. The van der Waals surface area contributed by atoms with Gasteiger partial charge in [0.15, 0.2) is 12.6 Å². The third-order valence-electron chi connectivity index (χ3n) is 4.46. The van der Waals surface area contributed by atoms with Crippen molar-refractivity contribution in [3.8, 4) is 0 Å². The summed E-state index contributed by atoms with van der Waals surface area (Å²) < 4.78 is 65.8. The van der Waals surface area contributed by atoms with Crippen LogP contribution in [0.2, 0.25) is 0 Å². The predicted molar refractivity (Wildman–Crippen MR) is 97.1 cm³/mol. The van der Waals surface area contributed by atoms with Crippen LogP contribution in [0.25, 0.3) is 0 Å². The van der Waals surface area contributed by atoms with Crippen molar-refractivity contribution >= 4 is 18.7 Å². The summed E-state index contributed by atoms with van der Waals surface area (Å²) in [5.74, 6) is -4.53. The second-order valence-corrected chi connectivity index (χ2v) is 7.42. The summed E-state index contributed by atoms with van der Waals surface area (Å²) in [7, 11) is 0. The van der Waals surface area contributed by atoms with Crippen molar-refractivity contribution in [2.24, 2.45) is 0 Å². The van der Waals surface area contributed by atoms with Crippen LogP contribution in [0.15, 0.2) is 24.3 Å². The van der Waals surface area contributed by atoms with Crippen LogP contribution < -0.4 is 0 Å². The van der Waals surface area contributed by atoms with E-state index in [1.54, 1.807) is 0 Å². The number of hydrogen-bond acceptors (Lipinski definition) is 5. The van der Waals surface area contributed by atoms with E-state index in [0.29, 0.717) is 0 Å². The van der Waals surface area contributed by atoms with E-state index in [0.717, 1.165) is 24.3 Å². The summed E-state index contributed by atoms with van der Waals surface area (Å²) in [6, 6.07) is 3.37. The zero-order valence-corrected chi connectivity index (χ0v) is 16.5. The van der Waals surface area contributed by atoms with E-state index in [9.17, 15) is 31.9 Å². The maximum absolute atomic E-state index is 13.9. The zero-order chi connectivity index (χ0) is 22.9. The highest BCUT2D eigenvalue weighted by atomic mass is 19.1. The quantitative estimate of drug-likeness (QED) is 0.361. The van der Waals surface area contributed by atoms with Gasteiger partial charge in [0.25, 0.3) is 0 Å². The number of benzene rings is 2. The monoisotopic (exact) mass is 426 g/mol. The second kappa shape index (κ2) is 8.25. The molecule has 2 aromatic rings. The first kappa shape index (κ1) is 23.1. The van der Waals surface area contributed by atoms with Crippen LogP contribution in [0.4, 0.5) is 22.4 Å². The lowest BCUT2D eigenvalue weighted by molar-refractivity contribution is -0.0637. The second-order valence-electron chi connectivity index (χ2n) is 7.42. The third kappa shape index (κ3) is 4.67. The molecule has 0 spiro atoms. The first-order chi connectivity index (χ1) is 13.8. The van der Waals surface area contributed by atoms with Crippen molar-refractivity contribution in [3.63, 3.8) is 0 Å². The molecule has 0 saturated carbocycles. The molecule has 160 valence electrons. The summed E-state index contributed by atoms with van der Waals surface area (Å²) in [5.41, 5.74) is -4.86. The van der Waals surface area contributed by atoms with E-state index in [-0.39, 0.29) is 23.7 Å². The van der Waals surface area contributed by atoms with Crippen molar-refractivity contribution in [2.75, 3.05) is 0 Å². The minimum absolute atomic E-state index is 0.0211. The summed E-state index contributed by atoms with van der Waals surface area (Å²) in [5, 5.41) is 0. The van der Waals surface area contributed by atoms with Gasteiger partial charge in [-0.2, -0.15) is 0 Å². The fourth-order valence-corrected chi connectivity index (χ4v) is 2.64. The molecular weight excluding hydrogens is 408 g/mol. The molecule has 0 amide bonds. The molecule has 2 rings (SSSR count). The van der Waals surface area contributed by atoms with Crippen molar-refractivity contribution in [2.45, 2.75) is 38.9 Å². The highest BCUT2D eigenvalue weighted by Crippen LogP contribution is 2.32. The molecule has 0 atom stereocenters. The van der Waals surface area contributed by atoms with Crippen LogP contribution in [0, 0.1) is 23.3 Å². The third-order valence-corrected chi connectivity index (χ3v) is 4.46. The summed E-state index contributed by atoms with van der Waals surface area (Å²) in [6.07, 6.45) is -1.24. The van der Waals surface area contributed by atoms with E-state index < -0.39 is 51.8 Å². The van der Waals surface area contributed by atoms with Gasteiger partial charge in [-0.05, 0) is 52.0 Å². The maximum atomic E-state index is 13.9. The van der Waals surface area contributed by atoms with Gasteiger partial charge in [-0.25, -0.2) is 22.4 Å². The molecule has 0 bridgehead atoms. The van der Waals surface area contributed by atoms with Crippen molar-refractivity contribution < 1.29 is 41.4 Å². The fourth-order valence-electron chi connectivity index (χ4n) is 2.64. The van der Waals surface area contributed by atoms with E-state index in [1.165, 1.54) is 27.7 Å². The Morgan fingerprint density at radius 2 is 0.967 bits per heavy atom. The molecule has 0 fully saturated rings. The summed E-state index contributed by atoms with van der Waals surface area (Å²) in [6.45, 7) is 5.31. The zero-order valence-electron chi connectivity index (χ0n) is 16.5. The molecule has 0 radical (unpaired) electrons. The molecular formula is C21H18F4O5. The molecule has 9 heteroatoms. The standard InChI is InChI=1S/C21H18F4O5/c1-20(2,11-5-15(22)13(9-26)16(23)6-11)29-19(28)30-21(3,4)12-7-17(24)14(10-27)18(25)8-12/h5-10H,1-4H3. The molecule has 0 N–H and O–H groups in total. The van der Waals surface area contributed by atoms with Gasteiger partial charge in [0.1, 0.15) is 34.5 Å². The molecule has 30 heavy (non-hydrogen) atoms. The number of ether oxygens (including phenoxy) is 2. The van der Waals surface area contributed by atoms with E-state index in [1.807, 2.05) is 0 Å². The van der Waals surface area contributed by atoms with Crippen LogP contribution in [-0.4, -0.2) is 18.7 Å². The Bertz CT molecular complexity index is 889. The lowest BCUT2D eigenvalue weighted by Crippen LogP contribution is -2.32. The van der Waals surface area contributed by atoms with Gasteiger partial charge in [0, 0.05) is 11.1 Å². The van der Waals surface area contributed by atoms with Gasteiger partial charge in [-0.15, -0.1) is 0 Å². The Balaban J connectivity index is 2.25. The first-order valence-electron chi connectivity index (χ1n) is 8.63. The molecule has 0 aliphatic carbocycles. The van der Waals surface area contributed by atoms with Crippen LogP contribution in [-0.2, 0) is 20.7 Å². The molecule has 2 aromatic carbocycles. The Labute approximate surface area is 169 Å². The Morgan fingerprint density at radius 3 is 1.20 bits per heavy atom. The van der Waals surface area contributed by atoms with Crippen LogP contribution >= 0.6 is 0 Å². The topological polar surface area (TPSA) is 69.7 Å². The van der Waals surface area contributed by atoms with Gasteiger partial charge >= 0.3 is 6.16 Å². The number of aldehydes is 2. The normalized spacial score (nSPS) is 11.7. The fraction of sp³-hybridized carbons (Fsp3) is 0.286. The minimum Gasteiger partial charge on any atom is -0.423 e. The van der Waals surface area contributed by atoms with Gasteiger partial charge < -0.3 is 9.47 Å². The summed E-state index contributed by atoms with van der Waals surface area (Å²) in [4.78, 5) is 33.7. The Hall–Kier alpha value is -3.23. The van der Waals surface area contributed by atoms with Crippen LogP contribution in [0.1, 0.15) is 59.5 Å². The maximum Gasteiger partial charge on any atom is 0.510 e. The number of hydrogen-bond donors (Lipinski definition) is 0. The number of carbonyl (C=O) groups is 3. The lowest BCUT2D eigenvalue weighted by Gasteiger charge is -2.30. The molecule has 0 heterocycles. The molecule has 0 aliphatic rings. The van der Waals surface area contributed by atoms with Gasteiger partial charge in [-0.3, -0.25) is 9.59 Å². The van der Waals surface area contributed by atoms with Gasteiger partial charge in [0.2, 0.25) is 0 Å². The first-order valence-corrected chi connectivity index (χ1v) is 8.63.